The van der Waals surface area contributed by atoms with E-state index in [-0.39, 0.29) is 75.9 Å². The van der Waals surface area contributed by atoms with Crippen molar-refractivity contribution >= 4 is 90.9 Å². The third-order valence-corrected chi connectivity index (χ3v) is 11.3. The first-order chi connectivity index (χ1) is 31.4. The Morgan fingerprint density at radius 2 is 1.07 bits per heavy atom. The van der Waals surface area contributed by atoms with Crippen molar-refractivity contribution in [2.24, 2.45) is 9.98 Å². The molecule has 0 saturated carbocycles. The number of hydrogen-bond acceptors (Lipinski definition) is 17. The fourth-order valence-electron chi connectivity index (χ4n) is 5.30. The summed E-state index contributed by atoms with van der Waals surface area (Å²) in [6.07, 6.45) is -1.41. The second-order valence-corrected chi connectivity index (χ2v) is 16.5. The molecule has 0 spiro atoms. The Kier molecular flexibility index (Phi) is 30.4. The fraction of sp³-hybridized carbons (Fsp3) is 0.283. The molecule has 4 N–H and O–H groups in total. The van der Waals surface area contributed by atoms with Crippen LogP contribution >= 0.6 is 12.4 Å². The number of carboxylic acid groups (broad SMARTS) is 1. The summed E-state index contributed by atoms with van der Waals surface area (Å²) in [6, 6.07) is 35.5. The molecule has 0 radical (unpaired) electrons. The van der Waals surface area contributed by atoms with E-state index in [4.69, 9.17) is 20.7 Å². The van der Waals surface area contributed by atoms with Gasteiger partial charge in [0.05, 0.1) is 42.0 Å². The Labute approximate surface area is 420 Å². The predicted molar refractivity (Wildman–Crippen MR) is 260 cm³/mol. The maximum Gasteiger partial charge on any atom is 2.00 e. The summed E-state index contributed by atoms with van der Waals surface area (Å²) in [5.74, 6) is -1.47. The molecule has 18 nitrogen and oxygen atoms in total. The van der Waals surface area contributed by atoms with Gasteiger partial charge in [0.2, 0.25) is 0 Å². The van der Waals surface area contributed by atoms with Crippen molar-refractivity contribution in [2.45, 2.75) is 43.6 Å². The van der Waals surface area contributed by atoms with E-state index in [1.165, 1.54) is 77.9 Å². The van der Waals surface area contributed by atoms with Crippen LogP contribution in [-0.2, 0) is 42.8 Å². The molecule has 0 bridgehead atoms. The summed E-state index contributed by atoms with van der Waals surface area (Å²) in [7, 11) is -5.27. The minimum absolute atomic E-state index is 0. The number of carboxylic acids is 1. The first-order valence-corrected chi connectivity index (χ1v) is 23.1. The van der Waals surface area contributed by atoms with Crippen molar-refractivity contribution in [3.8, 4) is 5.75 Å². The van der Waals surface area contributed by atoms with Crippen LogP contribution in [0.15, 0.2) is 147 Å². The summed E-state index contributed by atoms with van der Waals surface area (Å²) in [5.41, 5.74) is 8.53. The molecule has 0 atom stereocenters. The molecule has 0 aliphatic rings. The van der Waals surface area contributed by atoms with Crippen molar-refractivity contribution in [1.29, 1.82) is 0 Å². The van der Waals surface area contributed by atoms with E-state index in [0.29, 0.717) is 17.1 Å². The van der Waals surface area contributed by atoms with Gasteiger partial charge in [0, 0.05) is 18.3 Å². The molecule has 0 aliphatic heterocycles. The molecule has 0 saturated heterocycles. The molecule has 22 heteroatoms. The number of anilines is 1. The van der Waals surface area contributed by atoms with E-state index in [2.05, 4.69) is 95.1 Å². The zero-order chi connectivity index (χ0) is 49.1. The van der Waals surface area contributed by atoms with Crippen molar-refractivity contribution in [1.82, 2.24) is 4.90 Å². The van der Waals surface area contributed by atoms with Gasteiger partial charge < -0.3 is 45.3 Å². The van der Waals surface area contributed by atoms with Crippen LogP contribution in [0.5, 0.6) is 5.75 Å². The molecule has 0 aromatic heterocycles. The first-order valence-electron chi connectivity index (χ1n) is 20.3. The Morgan fingerprint density at radius 3 is 1.40 bits per heavy atom. The largest absolute Gasteiger partial charge is 2.00 e. The Balaban J connectivity index is 0.000000890. The predicted octanol–water partition coefficient (Wildman–Crippen LogP) is 5.66. The number of rotatable bonds is 17. The number of nitrogen functional groups attached to an aromatic ring is 1. The van der Waals surface area contributed by atoms with Crippen molar-refractivity contribution in [3.63, 3.8) is 0 Å². The van der Waals surface area contributed by atoms with Crippen molar-refractivity contribution in [3.05, 3.63) is 144 Å². The number of aliphatic imine (C=N–C) groups is 2. The van der Waals surface area contributed by atoms with E-state index in [0.717, 1.165) is 40.5 Å². The maximum atomic E-state index is 11.3. The zero-order valence-corrected chi connectivity index (χ0v) is 42.5. The minimum Gasteiger partial charge on any atom is -0.600 e. The summed E-state index contributed by atoms with van der Waals surface area (Å²) in [5, 5.41) is 39.5. The SMILES string of the molecule is CCN(CC)CCOC(c1ccccc1)c1ccccc1.CCOC([O-])=Nc1ccc(S(=O)(=O)OC)cc1.CCOC([O-])=Nc1ccc(S(=O)(=O)OC)cc1.Cl.Nc1ccc(C(=O)O)c(O)c1.[Mg+2]. The smallest absolute Gasteiger partial charge is 0.600 e. The van der Waals surface area contributed by atoms with Crippen LogP contribution in [0.1, 0.15) is 55.3 Å². The fourth-order valence-corrected chi connectivity index (χ4v) is 6.62. The van der Waals surface area contributed by atoms with Crippen molar-refractivity contribution in [2.75, 3.05) is 59.4 Å². The van der Waals surface area contributed by atoms with Crippen LogP contribution in [0.2, 0.25) is 0 Å². The van der Waals surface area contributed by atoms with E-state index in [9.17, 15) is 31.8 Å². The van der Waals surface area contributed by atoms with Gasteiger partial charge in [-0.2, -0.15) is 16.8 Å². The van der Waals surface area contributed by atoms with Crippen LogP contribution in [0.3, 0.4) is 0 Å². The number of likely N-dealkylation sites (N-methyl/N-ethyl adjacent to an activating group) is 1. The topological polar surface area (TPSA) is 272 Å². The van der Waals surface area contributed by atoms with Crippen molar-refractivity contribution < 1.29 is 64.6 Å². The monoisotopic (exact) mass is 1010 g/mol. The molecular weight excluding hydrogens is 956 g/mol. The van der Waals surface area contributed by atoms with Crippen LogP contribution < -0.4 is 15.9 Å². The second kappa shape index (κ2) is 33.1. The summed E-state index contributed by atoms with van der Waals surface area (Å²) < 4.78 is 69.3. The molecule has 0 unspecified atom stereocenters. The van der Waals surface area contributed by atoms with E-state index < -0.39 is 38.4 Å². The molecular formula is C46H57ClMgN4O14S2. The van der Waals surface area contributed by atoms with Crippen LogP contribution in [-0.4, -0.2) is 127 Å². The average Bonchev–Trinajstić information content (AvgIpc) is 3.31. The molecule has 68 heavy (non-hydrogen) atoms. The number of aromatic carboxylic acids is 1. The van der Waals surface area contributed by atoms with Crippen LogP contribution in [0.4, 0.5) is 17.1 Å². The van der Waals surface area contributed by atoms with Gasteiger partial charge in [-0.1, -0.05) is 88.4 Å². The third kappa shape index (κ3) is 22.5. The number of nitrogens with two attached hydrogens (primary N) is 1. The Bertz CT molecular complexity index is 2350. The van der Waals surface area contributed by atoms with Crippen LogP contribution in [0.25, 0.3) is 0 Å². The zero-order valence-electron chi connectivity index (χ0n) is 38.6. The summed E-state index contributed by atoms with van der Waals surface area (Å²) >= 11 is 0. The number of halogens is 1. The van der Waals surface area contributed by atoms with Gasteiger partial charge >= 0.3 is 29.0 Å². The Morgan fingerprint density at radius 1 is 0.676 bits per heavy atom. The summed E-state index contributed by atoms with van der Waals surface area (Å²) in [6.45, 7) is 12.0. The van der Waals surface area contributed by atoms with E-state index in [1.807, 2.05) is 12.1 Å². The van der Waals surface area contributed by atoms with Gasteiger partial charge in [-0.15, -0.1) is 12.4 Å². The second-order valence-electron chi connectivity index (χ2n) is 13.0. The average molecular weight is 1010 g/mol. The quantitative estimate of drug-likeness (QED) is 0.0333. The molecule has 366 valence electrons. The Hall–Kier alpha value is -5.49. The molecule has 0 heterocycles. The first kappa shape index (κ1) is 62.5. The van der Waals surface area contributed by atoms with E-state index >= 15 is 0 Å². The normalized spacial score (nSPS) is 11.2. The van der Waals surface area contributed by atoms with Gasteiger partial charge in [0.15, 0.2) is 12.2 Å². The maximum absolute atomic E-state index is 11.3. The number of carbonyl (C=O) groups is 1. The number of phenols is 1. The number of aromatic hydroxyl groups is 1. The molecule has 0 amide bonds. The van der Waals surface area contributed by atoms with Crippen LogP contribution in [0, 0.1) is 0 Å². The van der Waals surface area contributed by atoms with Gasteiger partial charge in [0.25, 0.3) is 20.2 Å². The molecule has 5 aromatic carbocycles. The van der Waals surface area contributed by atoms with Gasteiger partial charge in [-0.05, 0) is 98.1 Å². The summed E-state index contributed by atoms with van der Waals surface area (Å²) in [4.78, 5) is 19.9. The third-order valence-electron chi connectivity index (χ3n) is 8.71. The minimum atomic E-state index is -3.71. The number of ether oxygens (including phenoxy) is 3. The van der Waals surface area contributed by atoms with E-state index in [1.54, 1.807) is 13.8 Å². The van der Waals surface area contributed by atoms with Gasteiger partial charge in [-0.3, -0.25) is 8.37 Å². The number of benzene rings is 5. The molecule has 5 aromatic rings. The molecule has 0 aliphatic carbocycles. The van der Waals surface area contributed by atoms with Gasteiger partial charge in [0.1, 0.15) is 17.4 Å². The van der Waals surface area contributed by atoms with Gasteiger partial charge in [-0.25, -0.2) is 14.8 Å². The number of nitrogens with zero attached hydrogens (tertiary/aromatic N) is 3. The molecule has 0 fully saturated rings. The number of hydrogen-bond donors (Lipinski definition) is 3. The molecule has 5 rings (SSSR count). The standard InChI is InChI=1S/C19H25NO.2C10H13NO5S.C7H7NO3.ClH.Mg/c1-3-20(4-2)15-16-21-19(17-11-7-5-8-12-17)18-13-9-6-10-14-18;2*1-3-16-10(12)11-8-4-6-9(7-5-8)17(13,14)15-2;8-4-1-2-5(7(10)11)6(9)3-4;;/h5-14,19H,3-4,15-16H2,1-2H3;2*4-7H,3H2,1-2H3,(H,11,12);1-3,9H,8H2,(H,10,11);1H;/q;;;;;+2/p-2.